The van der Waals surface area contributed by atoms with Crippen LogP contribution in [0.3, 0.4) is 0 Å². The van der Waals surface area contributed by atoms with Crippen molar-refractivity contribution in [3.8, 4) is 0 Å². The van der Waals surface area contributed by atoms with Gasteiger partial charge in [-0.1, -0.05) is 0 Å². The highest BCUT2D eigenvalue weighted by molar-refractivity contribution is 5.48. The Morgan fingerprint density at radius 3 is 2.72 bits per heavy atom. The van der Waals surface area contributed by atoms with Crippen LogP contribution in [0.5, 0.6) is 0 Å². The number of likely N-dealkylation sites (N-methyl/N-ethyl adjacent to an activating group) is 1. The van der Waals surface area contributed by atoms with E-state index in [4.69, 9.17) is 5.10 Å². The highest BCUT2D eigenvalue weighted by Gasteiger charge is 2.33. The molecule has 0 unspecified atom stereocenters. The van der Waals surface area contributed by atoms with Crippen molar-refractivity contribution in [2.24, 2.45) is 7.05 Å². The second kappa shape index (κ2) is 5.48. The summed E-state index contributed by atoms with van der Waals surface area (Å²) in [6.07, 6.45) is 4.14. The van der Waals surface area contributed by atoms with Crippen molar-refractivity contribution in [1.29, 1.82) is 0 Å². The van der Waals surface area contributed by atoms with Crippen molar-refractivity contribution in [1.82, 2.24) is 39.5 Å². The summed E-state index contributed by atoms with van der Waals surface area (Å²) < 4.78 is 3.89. The number of hydrogen-bond donors (Lipinski definition) is 0. The van der Waals surface area contributed by atoms with Gasteiger partial charge >= 0.3 is 0 Å². The molecule has 0 amide bonds. The largest absolute Gasteiger partial charge is 0.352 e. The molecule has 4 heterocycles. The van der Waals surface area contributed by atoms with E-state index >= 15 is 0 Å². The first-order chi connectivity index (χ1) is 12.2. The second-order valence-electron chi connectivity index (χ2n) is 7.13. The number of fused-ring (bicyclic) bond motifs is 1. The predicted molar refractivity (Wildman–Crippen MR) is 91.2 cm³/mol. The van der Waals surface area contributed by atoms with Gasteiger partial charge in [-0.2, -0.15) is 4.52 Å². The fourth-order valence-corrected chi connectivity index (χ4v) is 3.28. The Balaban J connectivity index is 1.27. The molecule has 0 bridgehead atoms. The molecule has 3 aromatic rings. The Labute approximate surface area is 145 Å². The summed E-state index contributed by atoms with van der Waals surface area (Å²) in [5, 5.41) is 21.4. The van der Waals surface area contributed by atoms with Gasteiger partial charge in [-0.15, -0.1) is 25.5 Å². The van der Waals surface area contributed by atoms with Gasteiger partial charge < -0.3 is 9.47 Å². The van der Waals surface area contributed by atoms with E-state index in [9.17, 15) is 0 Å². The monoisotopic (exact) mass is 339 g/mol. The maximum absolute atomic E-state index is 4.77. The lowest BCUT2D eigenvalue weighted by Gasteiger charge is -2.44. The molecule has 2 fully saturated rings. The molecule has 1 aliphatic heterocycles. The van der Waals surface area contributed by atoms with Crippen molar-refractivity contribution in [3.63, 3.8) is 0 Å². The number of anilines is 1. The summed E-state index contributed by atoms with van der Waals surface area (Å²) >= 11 is 0. The average molecular weight is 339 g/mol. The molecule has 0 radical (unpaired) electrons. The summed E-state index contributed by atoms with van der Waals surface area (Å²) in [7, 11) is 4.12. The van der Waals surface area contributed by atoms with E-state index < -0.39 is 0 Å². The molecule has 0 N–H and O–H groups in total. The van der Waals surface area contributed by atoms with Gasteiger partial charge in [-0.05, 0) is 32.0 Å². The van der Waals surface area contributed by atoms with Gasteiger partial charge in [-0.3, -0.25) is 4.90 Å². The van der Waals surface area contributed by atoms with Crippen molar-refractivity contribution in [2.45, 2.75) is 31.3 Å². The summed E-state index contributed by atoms with van der Waals surface area (Å²) in [4.78, 5) is 4.63. The molecular weight excluding hydrogens is 318 g/mol. The third kappa shape index (κ3) is 2.55. The molecule has 1 aliphatic carbocycles. The molecule has 1 saturated carbocycles. The van der Waals surface area contributed by atoms with Crippen LogP contribution in [0.15, 0.2) is 18.5 Å². The number of hydrogen-bond acceptors (Lipinski definition) is 7. The zero-order valence-electron chi connectivity index (χ0n) is 14.4. The van der Waals surface area contributed by atoms with E-state index in [1.54, 1.807) is 6.33 Å². The first-order valence-electron chi connectivity index (χ1n) is 8.69. The molecular formula is C16H21N9. The Bertz CT molecular complexity index is 903. The molecule has 5 rings (SSSR count). The highest BCUT2D eigenvalue weighted by atomic mass is 15.4. The van der Waals surface area contributed by atoms with Crippen LogP contribution >= 0.6 is 0 Å². The first-order valence-corrected chi connectivity index (χ1v) is 8.69. The van der Waals surface area contributed by atoms with Crippen LogP contribution in [-0.2, 0) is 13.6 Å². The van der Waals surface area contributed by atoms with Gasteiger partial charge in [0.1, 0.15) is 18.0 Å². The zero-order chi connectivity index (χ0) is 17.0. The molecule has 2 aliphatic rings. The van der Waals surface area contributed by atoms with Crippen LogP contribution in [0.25, 0.3) is 5.65 Å². The Kier molecular flexibility index (Phi) is 3.24. The molecule has 25 heavy (non-hydrogen) atoms. The van der Waals surface area contributed by atoms with Gasteiger partial charge in [0.15, 0.2) is 11.5 Å². The standard InChI is InChI=1S/C16H21N9/c1-22(9-15-18-17-10-23(15)2)12-7-24(8-12)14-6-5-13-19-20-16(11-3-4-11)25(13)21-14/h5-6,10-12H,3-4,7-9H2,1-2H3. The van der Waals surface area contributed by atoms with E-state index in [1.807, 2.05) is 28.3 Å². The van der Waals surface area contributed by atoms with Gasteiger partial charge in [0, 0.05) is 32.1 Å². The number of aryl methyl sites for hydroxylation is 1. The van der Waals surface area contributed by atoms with Crippen LogP contribution in [-0.4, -0.2) is 65.7 Å². The Hall–Kier alpha value is -2.55. The van der Waals surface area contributed by atoms with Gasteiger partial charge in [0.05, 0.1) is 6.54 Å². The minimum absolute atomic E-state index is 0.498. The summed E-state index contributed by atoms with van der Waals surface area (Å²) in [6.45, 7) is 2.74. The average Bonchev–Trinajstić information content (AvgIpc) is 3.20. The van der Waals surface area contributed by atoms with Crippen molar-refractivity contribution in [2.75, 3.05) is 25.0 Å². The third-order valence-corrected chi connectivity index (χ3v) is 5.22. The molecule has 130 valence electrons. The maximum Gasteiger partial charge on any atom is 0.178 e. The second-order valence-corrected chi connectivity index (χ2v) is 7.13. The predicted octanol–water partition coefficient (Wildman–Crippen LogP) is 0.451. The topological polar surface area (TPSA) is 80.3 Å². The van der Waals surface area contributed by atoms with E-state index in [0.29, 0.717) is 12.0 Å². The molecule has 0 aromatic carbocycles. The Morgan fingerprint density at radius 2 is 2.00 bits per heavy atom. The molecule has 9 nitrogen and oxygen atoms in total. The first kappa shape index (κ1) is 14.8. The van der Waals surface area contributed by atoms with E-state index in [1.165, 1.54) is 12.8 Å². The number of rotatable bonds is 5. The molecule has 1 saturated heterocycles. The number of aromatic nitrogens is 7. The lowest BCUT2D eigenvalue weighted by atomic mass is 10.1. The van der Waals surface area contributed by atoms with Crippen molar-refractivity contribution < 1.29 is 0 Å². The van der Waals surface area contributed by atoms with Crippen LogP contribution in [0, 0.1) is 0 Å². The highest BCUT2D eigenvalue weighted by Crippen LogP contribution is 2.38. The minimum Gasteiger partial charge on any atom is -0.352 e. The van der Waals surface area contributed by atoms with Crippen LogP contribution in [0.1, 0.15) is 30.4 Å². The molecule has 3 aromatic heterocycles. The lowest BCUT2D eigenvalue weighted by Crippen LogP contribution is -2.58. The SMILES string of the molecule is CN(Cc1nncn1C)C1CN(c2ccc3nnc(C4CC4)n3n2)C1. The fourth-order valence-electron chi connectivity index (χ4n) is 3.28. The smallest absolute Gasteiger partial charge is 0.178 e. The van der Waals surface area contributed by atoms with E-state index in [2.05, 4.69) is 37.2 Å². The maximum atomic E-state index is 4.77. The van der Waals surface area contributed by atoms with Crippen LogP contribution < -0.4 is 4.90 Å². The molecule has 9 heteroatoms. The van der Waals surface area contributed by atoms with Crippen LogP contribution in [0.4, 0.5) is 5.82 Å². The quantitative estimate of drug-likeness (QED) is 0.668. The zero-order valence-corrected chi connectivity index (χ0v) is 14.4. The third-order valence-electron chi connectivity index (χ3n) is 5.22. The van der Waals surface area contributed by atoms with Gasteiger partial charge in [0.2, 0.25) is 0 Å². The molecule has 0 spiro atoms. The van der Waals surface area contributed by atoms with Crippen LogP contribution in [0.2, 0.25) is 0 Å². The Morgan fingerprint density at radius 1 is 1.16 bits per heavy atom. The summed E-state index contributed by atoms with van der Waals surface area (Å²) in [5.74, 6) is 3.53. The van der Waals surface area contributed by atoms with Crippen molar-refractivity contribution >= 4 is 11.5 Å². The van der Waals surface area contributed by atoms with E-state index in [-0.39, 0.29) is 0 Å². The molecule has 0 atom stereocenters. The van der Waals surface area contributed by atoms with Crippen molar-refractivity contribution in [3.05, 3.63) is 30.1 Å². The normalized spacial score (nSPS) is 18.3. The van der Waals surface area contributed by atoms with Gasteiger partial charge in [0.25, 0.3) is 0 Å². The summed E-state index contributed by atoms with van der Waals surface area (Å²) in [5.41, 5.74) is 0.835. The fraction of sp³-hybridized carbons (Fsp3) is 0.562. The van der Waals surface area contributed by atoms with Gasteiger partial charge in [-0.25, -0.2) is 0 Å². The van der Waals surface area contributed by atoms with E-state index in [0.717, 1.165) is 42.7 Å². The lowest BCUT2D eigenvalue weighted by molar-refractivity contribution is 0.190. The number of nitrogens with zero attached hydrogens (tertiary/aromatic N) is 9. The minimum atomic E-state index is 0.498. The summed E-state index contributed by atoms with van der Waals surface area (Å²) in [6, 6.07) is 4.55.